The van der Waals surface area contributed by atoms with Crippen LogP contribution in [0.2, 0.25) is 0 Å². The third-order valence-corrected chi connectivity index (χ3v) is 4.52. The highest BCUT2D eigenvalue weighted by atomic mass is 35.5. The van der Waals surface area contributed by atoms with Gasteiger partial charge in [0.25, 0.3) is 0 Å². The van der Waals surface area contributed by atoms with Crippen LogP contribution < -0.4 is 5.32 Å². The highest BCUT2D eigenvalue weighted by molar-refractivity contribution is 7.16. The topological polar surface area (TPSA) is 37.8 Å². The van der Waals surface area contributed by atoms with Gasteiger partial charge in [-0.25, -0.2) is 9.97 Å². The molecule has 16 heavy (non-hydrogen) atoms. The number of hydrogen-bond donors (Lipinski definition) is 1. The molecule has 0 aromatic carbocycles. The summed E-state index contributed by atoms with van der Waals surface area (Å²) in [4.78, 5) is 9.54. The molecule has 3 rings (SSSR count). The Morgan fingerprint density at radius 1 is 1.44 bits per heavy atom. The van der Waals surface area contributed by atoms with Crippen molar-refractivity contribution in [1.82, 2.24) is 9.97 Å². The van der Waals surface area contributed by atoms with Crippen LogP contribution in [0.5, 0.6) is 0 Å². The second-order valence-electron chi connectivity index (χ2n) is 4.35. The molecule has 0 unspecified atom stereocenters. The van der Waals surface area contributed by atoms with Crippen LogP contribution in [0, 0.1) is 5.41 Å². The van der Waals surface area contributed by atoms with Crippen LogP contribution >= 0.6 is 22.9 Å². The number of nitrogens with zero attached hydrogens (tertiary/aromatic N) is 2. The Kier molecular flexibility index (Phi) is 2.48. The molecule has 1 saturated carbocycles. The van der Waals surface area contributed by atoms with Crippen molar-refractivity contribution in [2.75, 3.05) is 17.7 Å². The normalized spacial score (nSPS) is 17.6. The molecule has 0 spiro atoms. The fraction of sp³-hybridized carbons (Fsp3) is 0.455. The SMILES string of the molecule is ClCC1(CNc2ncnc3sccc23)CC1. The van der Waals surface area contributed by atoms with Gasteiger partial charge in [0.1, 0.15) is 17.0 Å². The number of aromatic nitrogens is 2. The lowest BCUT2D eigenvalue weighted by Gasteiger charge is -2.13. The second-order valence-corrected chi connectivity index (χ2v) is 5.51. The smallest absolute Gasteiger partial charge is 0.138 e. The summed E-state index contributed by atoms with van der Waals surface area (Å²) in [6.45, 7) is 0.915. The quantitative estimate of drug-likeness (QED) is 0.851. The van der Waals surface area contributed by atoms with E-state index >= 15 is 0 Å². The van der Waals surface area contributed by atoms with E-state index in [1.54, 1.807) is 17.7 Å². The zero-order chi connectivity index (χ0) is 11.0. The highest BCUT2D eigenvalue weighted by Crippen LogP contribution is 2.46. The number of nitrogens with one attached hydrogen (secondary N) is 1. The second kappa shape index (κ2) is 3.86. The maximum absolute atomic E-state index is 5.95. The van der Waals surface area contributed by atoms with Crippen molar-refractivity contribution in [2.45, 2.75) is 12.8 Å². The van der Waals surface area contributed by atoms with E-state index in [2.05, 4.69) is 21.4 Å². The molecule has 2 aromatic rings. The monoisotopic (exact) mass is 253 g/mol. The Morgan fingerprint density at radius 3 is 3.06 bits per heavy atom. The van der Waals surface area contributed by atoms with Gasteiger partial charge in [-0.15, -0.1) is 22.9 Å². The molecule has 0 radical (unpaired) electrons. The molecule has 5 heteroatoms. The first-order chi connectivity index (χ1) is 7.83. The molecule has 0 saturated heterocycles. The average Bonchev–Trinajstić information content (AvgIpc) is 2.94. The Morgan fingerprint density at radius 2 is 2.31 bits per heavy atom. The molecule has 2 heterocycles. The van der Waals surface area contributed by atoms with E-state index in [4.69, 9.17) is 11.6 Å². The largest absolute Gasteiger partial charge is 0.369 e. The summed E-state index contributed by atoms with van der Waals surface area (Å²) in [6.07, 6.45) is 4.06. The summed E-state index contributed by atoms with van der Waals surface area (Å²) >= 11 is 7.59. The molecule has 1 N–H and O–H groups in total. The van der Waals surface area contributed by atoms with Crippen LogP contribution in [0.3, 0.4) is 0 Å². The standard InChI is InChI=1S/C11H12ClN3S/c12-5-11(2-3-11)6-13-9-8-1-4-16-10(8)15-7-14-9/h1,4,7H,2-3,5-6H2,(H,13,14,15). The van der Waals surface area contributed by atoms with Crippen LogP contribution in [0.1, 0.15) is 12.8 Å². The maximum Gasteiger partial charge on any atom is 0.138 e. The van der Waals surface area contributed by atoms with Crippen molar-refractivity contribution in [3.63, 3.8) is 0 Å². The van der Waals surface area contributed by atoms with Crippen molar-refractivity contribution in [3.05, 3.63) is 17.8 Å². The first-order valence-corrected chi connectivity index (χ1v) is 6.72. The molecule has 0 bridgehead atoms. The van der Waals surface area contributed by atoms with Gasteiger partial charge in [0.05, 0.1) is 5.39 Å². The van der Waals surface area contributed by atoms with Crippen molar-refractivity contribution in [1.29, 1.82) is 0 Å². The first-order valence-electron chi connectivity index (χ1n) is 5.31. The number of anilines is 1. The van der Waals surface area contributed by atoms with E-state index < -0.39 is 0 Å². The molecule has 1 aliphatic carbocycles. The van der Waals surface area contributed by atoms with Gasteiger partial charge in [-0.3, -0.25) is 0 Å². The zero-order valence-electron chi connectivity index (χ0n) is 8.74. The average molecular weight is 254 g/mol. The minimum atomic E-state index is 0.314. The summed E-state index contributed by atoms with van der Waals surface area (Å²) in [7, 11) is 0. The van der Waals surface area contributed by atoms with E-state index in [0.29, 0.717) is 5.41 Å². The molecule has 0 amide bonds. The van der Waals surface area contributed by atoms with Crippen LogP contribution in [0.4, 0.5) is 5.82 Å². The highest BCUT2D eigenvalue weighted by Gasteiger charge is 2.41. The first kappa shape index (κ1) is 10.3. The summed E-state index contributed by atoms with van der Waals surface area (Å²) in [6, 6.07) is 2.06. The molecule has 2 aromatic heterocycles. The van der Waals surface area contributed by atoms with Gasteiger partial charge in [-0.2, -0.15) is 0 Å². The molecule has 3 nitrogen and oxygen atoms in total. The maximum atomic E-state index is 5.95. The van der Waals surface area contributed by atoms with Gasteiger partial charge < -0.3 is 5.32 Å². The number of thiophene rings is 1. The third-order valence-electron chi connectivity index (χ3n) is 3.13. The number of fused-ring (bicyclic) bond motifs is 1. The molecular formula is C11H12ClN3S. The van der Waals surface area contributed by atoms with Gasteiger partial charge in [0.2, 0.25) is 0 Å². The lowest BCUT2D eigenvalue weighted by Crippen LogP contribution is -2.17. The Labute approximate surface area is 103 Å². The fourth-order valence-electron chi connectivity index (χ4n) is 1.74. The van der Waals surface area contributed by atoms with Gasteiger partial charge in [-0.05, 0) is 24.3 Å². The number of hydrogen-bond acceptors (Lipinski definition) is 4. The van der Waals surface area contributed by atoms with Gasteiger partial charge in [-0.1, -0.05) is 0 Å². The summed E-state index contributed by atoms with van der Waals surface area (Å²) in [5.41, 5.74) is 0.314. The van der Waals surface area contributed by atoms with E-state index in [1.165, 1.54) is 12.8 Å². The molecular weight excluding hydrogens is 242 g/mol. The van der Waals surface area contributed by atoms with Gasteiger partial charge in [0, 0.05) is 17.8 Å². The van der Waals surface area contributed by atoms with E-state index in [1.807, 2.05) is 5.38 Å². The zero-order valence-corrected chi connectivity index (χ0v) is 10.3. The number of rotatable bonds is 4. The Bertz CT molecular complexity index is 507. The van der Waals surface area contributed by atoms with Gasteiger partial charge in [0.15, 0.2) is 0 Å². The number of alkyl halides is 1. The Balaban J connectivity index is 1.81. The summed E-state index contributed by atoms with van der Waals surface area (Å²) in [5, 5.41) is 6.55. The summed E-state index contributed by atoms with van der Waals surface area (Å²) in [5.74, 6) is 1.67. The lowest BCUT2D eigenvalue weighted by molar-refractivity contribution is 0.618. The van der Waals surface area contributed by atoms with Crippen LogP contribution in [0.15, 0.2) is 17.8 Å². The molecule has 84 valence electrons. The van der Waals surface area contributed by atoms with Crippen LogP contribution in [0.25, 0.3) is 10.2 Å². The van der Waals surface area contributed by atoms with Crippen LogP contribution in [-0.4, -0.2) is 22.4 Å². The van der Waals surface area contributed by atoms with Crippen molar-refractivity contribution >= 4 is 39.0 Å². The lowest BCUT2D eigenvalue weighted by atomic mass is 10.1. The molecule has 1 fully saturated rings. The van der Waals surface area contributed by atoms with E-state index in [-0.39, 0.29) is 0 Å². The van der Waals surface area contributed by atoms with Crippen molar-refractivity contribution in [2.24, 2.45) is 5.41 Å². The van der Waals surface area contributed by atoms with Crippen LogP contribution in [-0.2, 0) is 0 Å². The predicted molar refractivity (Wildman–Crippen MR) is 68.3 cm³/mol. The minimum absolute atomic E-state index is 0.314. The van der Waals surface area contributed by atoms with Gasteiger partial charge >= 0.3 is 0 Å². The fourth-order valence-corrected chi connectivity index (χ4v) is 2.83. The van der Waals surface area contributed by atoms with E-state index in [9.17, 15) is 0 Å². The molecule has 1 aliphatic rings. The third kappa shape index (κ3) is 1.76. The minimum Gasteiger partial charge on any atom is -0.369 e. The summed E-state index contributed by atoms with van der Waals surface area (Å²) < 4.78 is 0. The van der Waals surface area contributed by atoms with Crippen molar-refractivity contribution < 1.29 is 0 Å². The molecule has 0 atom stereocenters. The van der Waals surface area contributed by atoms with E-state index in [0.717, 1.165) is 28.5 Å². The Hall–Kier alpha value is -0.870. The predicted octanol–water partition coefficient (Wildman–Crippen LogP) is 3.12. The molecule has 0 aliphatic heterocycles. The number of halogens is 1. The van der Waals surface area contributed by atoms with Crippen molar-refractivity contribution in [3.8, 4) is 0 Å².